The maximum absolute atomic E-state index is 12.1. The van der Waals surface area contributed by atoms with Crippen molar-refractivity contribution in [3.05, 3.63) is 29.8 Å². The summed E-state index contributed by atoms with van der Waals surface area (Å²) in [6.45, 7) is 8.93. The van der Waals surface area contributed by atoms with Crippen molar-refractivity contribution in [2.45, 2.75) is 53.1 Å². The summed E-state index contributed by atoms with van der Waals surface area (Å²) in [6, 6.07) is 7.82. The third-order valence-electron chi connectivity index (χ3n) is 4.81. The highest BCUT2D eigenvalue weighted by atomic mass is 16.5. The number of rotatable bonds is 5. The number of aryl methyl sites for hydroxylation is 1. The van der Waals surface area contributed by atoms with E-state index in [0.717, 1.165) is 17.7 Å². The van der Waals surface area contributed by atoms with Crippen LogP contribution in [0.3, 0.4) is 0 Å². The molecule has 0 aliphatic heterocycles. The van der Waals surface area contributed by atoms with Gasteiger partial charge >= 0.3 is 0 Å². The summed E-state index contributed by atoms with van der Waals surface area (Å²) < 4.78 is 5.99. The number of ether oxygens (including phenoxy) is 1. The molecule has 1 amide bonds. The fourth-order valence-corrected chi connectivity index (χ4v) is 3.39. The number of anilines is 1. The smallest absolute Gasteiger partial charge is 0.250 e. The van der Waals surface area contributed by atoms with Crippen LogP contribution < -0.4 is 5.32 Å². The van der Waals surface area contributed by atoms with Crippen LogP contribution in [0.4, 0.5) is 5.69 Å². The lowest BCUT2D eigenvalue weighted by Crippen LogP contribution is -2.36. The number of carbonyl (C=O) groups excluding carboxylic acids is 1. The number of carbonyl (C=O) groups is 1. The van der Waals surface area contributed by atoms with Crippen LogP contribution in [0.1, 0.15) is 45.6 Å². The highest BCUT2D eigenvalue weighted by Gasteiger charge is 2.31. The van der Waals surface area contributed by atoms with Gasteiger partial charge in [0, 0.05) is 5.69 Å². The molecule has 0 radical (unpaired) electrons. The minimum Gasteiger partial charge on any atom is -0.368 e. The van der Waals surface area contributed by atoms with Crippen molar-refractivity contribution in [1.82, 2.24) is 0 Å². The highest BCUT2D eigenvalue weighted by Crippen LogP contribution is 2.35. The quantitative estimate of drug-likeness (QED) is 0.875. The topological polar surface area (TPSA) is 38.3 Å². The summed E-state index contributed by atoms with van der Waals surface area (Å²) in [6.07, 6.45) is 3.77. The van der Waals surface area contributed by atoms with Gasteiger partial charge in [0.05, 0.1) is 6.10 Å². The molecule has 0 saturated heterocycles. The second kappa shape index (κ2) is 7.77. The normalized spacial score (nSPS) is 25.2. The molecule has 0 spiro atoms. The van der Waals surface area contributed by atoms with Crippen molar-refractivity contribution in [3.8, 4) is 0 Å². The minimum absolute atomic E-state index is 0.0602. The van der Waals surface area contributed by atoms with E-state index in [-0.39, 0.29) is 18.6 Å². The van der Waals surface area contributed by atoms with E-state index in [1.807, 2.05) is 31.2 Å². The molecule has 1 aromatic carbocycles. The van der Waals surface area contributed by atoms with Gasteiger partial charge in [-0.3, -0.25) is 4.79 Å². The summed E-state index contributed by atoms with van der Waals surface area (Å²) >= 11 is 0. The van der Waals surface area contributed by atoms with Crippen LogP contribution in [0.5, 0.6) is 0 Å². The molecule has 122 valence electrons. The molecule has 1 aliphatic carbocycles. The molecule has 22 heavy (non-hydrogen) atoms. The van der Waals surface area contributed by atoms with Crippen LogP contribution >= 0.6 is 0 Å². The van der Waals surface area contributed by atoms with Gasteiger partial charge in [0.25, 0.3) is 0 Å². The zero-order valence-corrected chi connectivity index (χ0v) is 14.3. The van der Waals surface area contributed by atoms with Gasteiger partial charge in [0.2, 0.25) is 5.91 Å². The maximum atomic E-state index is 12.1. The Bertz CT molecular complexity index is 498. The molecule has 1 aliphatic rings. The summed E-state index contributed by atoms with van der Waals surface area (Å²) in [4.78, 5) is 12.1. The predicted octanol–water partition coefficient (Wildman–Crippen LogP) is 4.41. The monoisotopic (exact) mass is 303 g/mol. The van der Waals surface area contributed by atoms with Crippen LogP contribution in [0.2, 0.25) is 0 Å². The Kier molecular flexibility index (Phi) is 6.01. The fraction of sp³-hybridized carbons (Fsp3) is 0.632. The Hall–Kier alpha value is -1.35. The summed E-state index contributed by atoms with van der Waals surface area (Å²) in [5.41, 5.74) is 1.94. The molecule has 3 atom stereocenters. The van der Waals surface area contributed by atoms with Crippen molar-refractivity contribution >= 4 is 11.6 Å². The van der Waals surface area contributed by atoms with Gasteiger partial charge in [-0.1, -0.05) is 45.4 Å². The van der Waals surface area contributed by atoms with Crippen LogP contribution in [0.25, 0.3) is 0 Å². The molecule has 2 rings (SSSR count). The van der Waals surface area contributed by atoms with E-state index < -0.39 is 0 Å². The van der Waals surface area contributed by atoms with Crippen molar-refractivity contribution < 1.29 is 9.53 Å². The van der Waals surface area contributed by atoms with Gasteiger partial charge in [0.1, 0.15) is 6.61 Å². The summed E-state index contributed by atoms with van der Waals surface area (Å²) in [7, 11) is 0. The third kappa shape index (κ3) is 4.57. The first-order valence-corrected chi connectivity index (χ1v) is 8.44. The molecule has 0 unspecified atom stereocenters. The maximum Gasteiger partial charge on any atom is 0.250 e. The van der Waals surface area contributed by atoms with Crippen LogP contribution in [-0.2, 0) is 9.53 Å². The lowest BCUT2D eigenvalue weighted by Gasteiger charge is -2.37. The zero-order chi connectivity index (χ0) is 16.1. The van der Waals surface area contributed by atoms with Crippen molar-refractivity contribution in [1.29, 1.82) is 0 Å². The average Bonchev–Trinajstić information content (AvgIpc) is 2.47. The molecule has 1 fully saturated rings. The van der Waals surface area contributed by atoms with E-state index >= 15 is 0 Å². The number of hydrogen-bond acceptors (Lipinski definition) is 2. The molecular formula is C19H29NO2. The van der Waals surface area contributed by atoms with Gasteiger partial charge in [-0.15, -0.1) is 0 Å². The summed E-state index contributed by atoms with van der Waals surface area (Å²) in [5, 5.41) is 2.94. The molecule has 1 N–H and O–H groups in total. The first-order valence-electron chi connectivity index (χ1n) is 8.44. The van der Waals surface area contributed by atoms with E-state index in [1.54, 1.807) is 0 Å². The minimum atomic E-state index is -0.0602. The first kappa shape index (κ1) is 17.0. The SMILES string of the molecule is Cc1ccccc1NC(=O)CO[C@@H]1C[C@H](C)CC[C@H]1C(C)C. The van der Waals surface area contributed by atoms with Gasteiger partial charge in [0.15, 0.2) is 0 Å². The van der Waals surface area contributed by atoms with Crippen molar-refractivity contribution in [2.75, 3.05) is 11.9 Å². The molecule has 0 bridgehead atoms. The number of nitrogens with one attached hydrogen (secondary N) is 1. The third-order valence-corrected chi connectivity index (χ3v) is 4.81. The van der Waals surface area contributed by atoms with Gasteiger partial charge < -0.3 is 10.1 Å². The molecule has 0 aromatic heterocycles. The Labute approximate surface area is 134 Å². The second-order valence-electron chi connectivity index (χ2n) is 7.04. The van der Waals surface area contributed by atoms with Crippen LogP contribution in [0.15, 0.2) is 24.3 Å². The lowest BCUT2D eigenvalue weighted by molar-refractivity contribution is -0.126. The van der Waals surface area contributed by atoms with Crippen LogP contribution in [0, 0.1) is 24.7 Å². The van der Waals surface area contributed by atoms with Crippen molar-refractivity contribution in [3.63, 3.8) is 0 Å². The number of para-hydroxylation sites is 1. The second-order valence-corrected chi connectivity index (χ2v) is 7.04. The Morgan fingerprint density at radius 3 is 2.73 bits per heavy atom. The Balaban J connectivity index is 1.87. The largest absolute Gasteiger partial charge is 0.368 e. The van der Waals surface area contributed by atoms with Crippen LogP contribution in [-0.4, -0.2) is 18.6 Å². The number of amides is 1. The standard InChI is InChI=1S/C19H29NO2/c1-13(2)16-10-9-14(3)11-18(16)22-12-19(21)20-17-8-6-5-7-15(17)4/h5-8,13-14,16,18H,9-12H2,1-4H3,(H,20,21)/t14-,16+,18-/m1/s1. The zero-order valence-electron chi connectivity index (χ0n) is 14.3. The average molecular weight is 303 g/mol. The molecule has 3 nitrogen and oxygen atoms in total. The number of benzene rings is 1. The summed E-state index contributed by atoms with van der Waals surface area (Å²) in [5.74, 6) is 1.81. The highest BCUT2D eigenvalue weighted by molar-refractivity contribution is 5.92. The van der Waals surface area contributed by atoms with E-state index in [9.17, 15) is 4.79 Å². The fourth-order valence-electron chi connectivity index (χ4n) is 3.39. The molecular weight excluding hydrogens is 274 g/mol. The number of hydrogen-bond donors (Lipinski definition) is 1. The van der Waals surface area contributed by atoms with E-state index in [1.165, 1.54) is 12.8 Å². The van der Waals surface area contributed by atoms with Gasteiger partial charge in [-0.25, -0.2) is 0 Å². The van der Waals surface area contributed by atoms with Gasteiger partial charge in [-0.2, -0.15) is 0 Å². The van der Waals surface area contributed by atoms with E-state index in [4.69, 9.17) is 4.74 Å². The molecule has 1 saturated carbocycles. The van der Waals surface area contributed by atoms with E-state index in [0.29, 0.717) is 17.8 Å². The first-order chi connectivity index (χ1) is 10.5. The lowest BCUT2D eigenvalue weighted by atomic mass is 9.75. The Morgan fingerprint density at radius 2 is 2.05 bits per heavy atom. The van der Waals surface area contributed by atoms with Gasteiger partial charge in [-0.05, 0) is 49.1 Å². The van der Waals surface area contributed by atoms with Crippen molar-refractivity contribution in [2.24, 2.45) is 17.8 Å². The Morgan fingerprint density at radius 1 is 1.32 bits per heavy atom. The molecule has 3 heteroatoms. The van der Waals surface area contributed by atoms with E-state index in [2.05, 4.69) is 26.1 Å². The molecule has 1 aromatic rings. The molecule has 0 heterocycles. The predicted molar refractivity (Wildman–Crippen MR) is 90.9 cm³/mol.